The Bertz CT molecular complexity index is 1200. The minimum atomic E-state index is -0.587. The lowest BCUT2D eigenvalue weighted by molar-refractivity contribution is -0.125. The minimum absolute atomic E-state index is 0.0365. The van der Waals surface area contributed by atoms with Gasteiger partial charge in [0.2, 0.25) is 11.8 Å². The molecule has 3 aromatic carbocycles. The van der Waals surface area contributed by atoms with Gasteiger partial charge < -0.3 is 9.64 Å². The molecular formula is C24H19Cl3FN3O3. The fourth-order valence-corrected chi connectivity index (χ4v) is 4.21. The Morgan fingerprint density at radius 1 is 1.06 bits per heavy atom. The number of carbonyl (C=O) groups excluding carboxylic acids is 2. The Balaban J connectivity index is 1.40. The van der Waals surface area contributed by atoms with Crippen LogP contribution in [0.5, 0.6) is 5.75 Å². The van der Waals surface area contributed by atoms with Crippen LogP contribution in [0.25, 0.3) is 0 Å². The monoisotopic (exact) mass is 521 g/mol. The summed E-state index contributed by atoms with van der Waals surface area (Å²) in [5.74, 6) is -1.16. The molecule has 0 unspecified atom stereocenters. The quantitative estimate of drug-likeness (QED) is 0.381. The van der Waals surface area contributed by atoms with Crippen LogP contribution >= 0.6 is 34.8 Å². The average molecular weight is 523 g/mol. The van der Waals surface area contributed by atoms with Gasteiger partial charge in [-0.15, -0.1) is 0 Å². The molecule has 2 N–H and O–H groups in total. The first-order valence-corrected chi connectivity index (χ1v) is 11.4. The van der Waals surface area contributed by atoms with Crippen molar-refractivity contribution in [1.29, 1.82) is 0 Å². The van der Waals surface area contributed by atoms with E-state index in [0.29, 0.717) is 37.8 Å². The number of hydrazine groups is 1. The van der Waals surface area contributed by atoms with Crippen LogP contribution in [-0.2, 0) is 16.2 Å². The van der Waals surface area contributed by atoms with Crippen molar-refractivity contribution in [2.24, 2.45) is 5.92 Å². The molecule has 2 amide bonds. The van der Waals surface area contributed by atoms with Crippen molar-refractivity contribution in [3.8, 4) is 5.75 Å². The van der Waals surface area contributed by atoms with Crippen molar-refractivity contribution >= 4 is 58.0 Å². The Hall–Kier alpha value is -3.00. The van der Waals surface area contributed by atoms with E-state index in [-0.39, 0.29) is 31.4 Å². The zero-order valence-corrected chi connectivity index (χ0v) is 19.9. The fraction of sp³-hybridized carbons (Fsp3) is 0.167. The molecule has 0 spiro atoms. The highest BCUT2D eigenvalue weighted by atomic mass is 35.5. The second kappa shape index (κ2) is 10.5. The number of halogens is 4. The molecule has 1 atom stereocenters. The third-order valence-corrected chi connectivity index (χ3v) is 6.27. The molecule has 4 rings (SSSR count). The summed E-state index contributed by atoms with van der Waals surface area (Å²) in [6.07, 6.45) is 0.0365. The Morgan fingerprint density at radius 2 is 1.76 bits per heavy atom. The van der Waals surface area contributed by atoms with Gasteiger partial charge in [0.05, 0.1) is 11.6 Å². The maximum absolute atomic E-state index is 13.2. The molecule has 0 bridgehead atoms. The second-order valence-electron chi connectivity index (χ2n) is 7.63. The van der Waals surface area contributed by atoms with E-state index in [1.807, 2.05) is 0 Å². The number of carbonyl (C=O) groups is 2. The molecule has 0 aromatic heterocycles. The minimum Gasteiger partial charge on any atom is -0.487 e. The smallest absolute Gasteiger partial charge is 0.243 e. The highest BCUT2D eigenvalue weighted by Gasteiger charge is 2.35. The van der Waals surface area contributed by atoms with Gasteiger partial charge in [-0.3, -0.25) is 20.4 Å². The van der Waals surface area contributed by atoms with E-state index < -0.39 is 11.7 Å². The summed E-state index contributed by atoms with van der Waals surface area (Å²) < 4.78 is 19.0. The van der Waals surface area contributed by atoms with Gasteiger partial charge >= 0.3 is 0 Å². The third-order valence-electron chi connectivity index (χ3n) is 5.33. The largest absolute Gasteiger partial charge is 0.487 e. The lowest BCUT2D eigenvalue weighted by atomic mass is 10.1. The van der Waals surface area contributed by atoms with Gasteiger partial charge in [-0.1, -0.05) is 40.9 Å². The molecular weight excluding hydrogens is 504 g/mol. The van der Waals surface area contributed by atoms with Crippen molar-refractivity contribution in [1.82, 2.24) is 5.43 Å². The third kappa shape index (κ3) is 5.55. The number of ether oxygens (including phenoxy) is 1. The van der Waals surface area contributed by atoms with Gasteiger partial charge in [0.15, 0.2) is 0 Å². The van der Waals surface area contributed by atoms with Crippen LogP contribution in [0.1, 0.15) is 12.0 Å². The maximum Gasteiger partial charge on any atom is 0.243 e. The summed E-state index contributed by atoms with van der Waals surface area (Å²) in [4.78, 5) is 26.6. The van der Waals surface area contributed by atoms with Gasteiger partial charge in [0.1, 0.15) is 18.2 Å². The number of hydrogen-bond acceptors (Lipinski definition) is 4. The number of hydrogen-bond donors (Lipinski definition) is 2. The van der Waals surface area contributed by atoms with Crippen LogP contribution in [0.15, 0.2) is 60.7 Å². The van der Waals surface area contributed by atoms with Crippen LogP contribution < -0.4 is 20.5 Å². The van der Waals surface area contributed by atoms with Crippen molar-refractivity contribution in [2.45, 2.75) is 13.0 Å². The number of rotatable bonds is 7. The van der Waals surface area contributed by atoms with Crippen molar-refractivity contribution in [3.63, 3.8) is 0 Å². The topological polar surface area (TPSA) is 70.7 Å². The molecule has 1 aliphatic heterocycles. The summed E-state index contributed by atoms with van der Waals surface area (Å²) in [5.41, 5.74) is 7.02. The molecule has 10 heteroatoms. The lowest BCUT2D eigenvalue weighted by Gasteiger charge is -2.18. The highest BCUT2D eigenvalue weighted by Crippen LogP contribution is 2.31. The Morgan fingerprint density at radius 3 is 2.47 bits per heavy atom. The molecule has 0 saturated carbocycles. The van der Waals surface area contributed by atoms with Crippen molar-refractivity contribution in [2.75, 3.05) is 16.9 Å². The molecule has 1 saturated heterocycles. The number of amides is 2. The van der Waals surface area contributed by atoms with E-state index in [2.05, 4.69) is 10.9 Å². The first-order chi connectivity index (χ1) is 16.3. The zero-order chi connectivity index (χ0) is 24.2. The van der Waals surface area contributed by atoms with Crippen LogP contribution in [0.2, 0.25) is 15.1 Å². The summed E-state index contributed by atoms with van der Waals surface area (Å²) in [7, 11) is 0. The number of nitrogens with one attached hydrogen (secondary N) is 2. The SMILES string of the molecule is O=C(NNc1cc(Cl)ccc1OCc1c(Cl)cccc1Cl)[C@H]1CC(=O)N(c2ccc(F)cc2)C1. The fourth-order valence-electron chi connectivity index (χ4n) is 3.53. The number of anilines is 2. The molecule has 34 heavy (non-hydrogen) atoms. The molecule has 1 fully saturated rings. The molecule has 1 heterocycles. The summed E-state index contributed by atoms with van der Waals surface area (Å²) in [6, 6.07) is 15.6. The first-order valence-electron chi connectivity index (χ1n) is 10.3. The van der Waals surface area contributed by atoms with Gasteiger partial charge in [0, 0.05) is 39.3 Å². The van der Waals surface area contributed by atoms with E-state index in [1.54, 1.807) is 36.4 Å². The lowest BCUT2D eigenvalue weighted by Crippen LogP contribution is -2.36. The molecule has 176 valence electrons. The van der Waals surface area contributed by atoms with Crippen LogP contribution in [0, 0.1) is 11.7 Å². The van der Waals surface area contributed by atoms with Gasteiger partial charge in [0.25, 0.3) is 0 Å². The zero-order valence-electron chi connectivity index (χ0n) is 17.7. The van der Waals surface area contributed by atoms with Gasteiger partial charge in [-0.05, 0) is 54.6 Å². The molecule has 0 radical (unpaired) electrons. The Labute approximate surface area is 210 Å². The Kier molecular flexibility index (Phi) is 7.46. The predicted octanol–water partition coefficient (Wildman–Crippen LogP) is 5.86. The summed E-state index contributed by atoms with van der Waals surface area (Å²) in [6.45, 7) is 0.286. The van der Waals surface area contributed by atoms with Crippen LogP contribution in [0.4, 0.5) is 15.8 Å². The van der Waals surface area contributed by atoms with Crippen LogP contribution in [-0.4, -0.2) is 18.4 Å². The molecule has 3 aromatic rings. The van der Waals surface area contributed by atoms with E-state index in [1.165, 1.54) is 29.2 Å². The van der Waals surface area contributed by atoms with E-state index in [0.717, 1.165) is 0 Å². The maximum atomic E-state index is 13.2. The predicted molar refractivity (Wildman–Crippen MR) is 131 cm³/mol. The van der Waals surface area contributed by atoms with Gasteiger partial charge in [-0.25, -0.2) is 4.39 Å². The molecule has 0 aliphatic carbocycles. The first kappa shape index (κ1) is 24.1. The molecule has 6 nitrogen and oxygen atoms in total. The van der Waals surface area contributed by atoms with E-state index >= 15 is 0 Å². The standard InChI is InChI=1S/C24H19Cl3FN3O3/c25-15-4-9-22(34-13-18-19(26)2-1-3-20(18)27)21(11-15)29-30-24(33)14-10-23(32)31(12-14)17-7-5-16(28)6-8-17/h1-9,11,14,29H,10,12-13H2,(H,30,33)/t14-/m0/s1. The van der Waals surface area contributed by atoms with Gasteiger partial charge in [-0.2, -0.15) is 0 Å². The summed E-state index contributed by atoms with van der Waals surface area (Å²) in [5, 5.41) is 1.38. The molecule has 1 aliphatic rings. The summed E-state index contributed by atoms with van der Waals surface area (Å²) >= 11 is 18.5. The second-order valence-corrected chi connectivity index (χ2v) is 8.88. The van der Waals surface area contributed by atoms with Crippen molar-refractivity contribution < 1.29 is 18.7 Å². The van der Waals surface area contributed by atoms with Crippen molar-refractivity contribution in [3.05, 3.63) is 87.1 Å². The number of benzene rings is 3. The van der Waals surface area contributed by atoms with Crippen LogP contribution in [0.3, 0.4) is 0 Å². The van der Waals surface area contributed by atoms with E-state index in [4.69, 9.17) is 39.5 Å². The average Bonchev–Trinajstić information content (AvgIpc) is 3.20. The number of nitrogens with zero attached hydrogens (tertiary/aromatic N) is 1. The highest BCUT2D eigenvalue weighted by molar-refractivity contribution is 6.36. The normalized spacial score (nSPS) is 15.4. The van der Waals surface area contributed by atoms with E-state index in [9.17, 15) is 14.0 Å².